The van der Waals surface area contributed by atoms with Gasteiger partial charge in [0.1, 0.15) is 5.69 Å². The molecule has 23 heavy (non-hydrogen) atoms. The lowest BCUT2D eigenvalue weighted by Crippen LogP contribution is -2.21. The van der Waals surface area contributed by atoms with E-state index < -0.39 is 22.3 Å². The van der Waals surface area contributed by atoms with Crippen molar-refractivity contribution in [2.45, 2.75) is 20.4 Å². The van der Waals surface area contributed by atoms with Crippen molar-refractivity contribution in [3.8, 4) is 0 Å². The van der Waals surface area contributed by atoms with Gasteiger partial charge in [-0.2, -0.15) is 0 Å². The summed E-state index contributed by atoms with van der Waals surface area (Å²) in [5, 5.41) is 28.1. The van der Waals surface area contributed by atoms with E-state index >= 15 is 0 Å². The first-order valence-corrected chi connectivity index (χ1v) is 6.51. The molecule has 120 valence electrons. The predicted molar refractivity (Wildman–Crippen MR) is 80.1 cm³/mol. The van der Waals surface area contributed by atoms with Crippen molar-refractivity contribution in [3.05, 3.63) is 55.8 Å². The van der Waals surface area contributed by atoms with Gasteiger partial charge in [-0.05, 0) is 30.4 Å². The van der Waals surface area contributed by atoms with Gasteiger partial charge < -0.3 is 15.4 Å². The molecule has 0 unspecified atom stereocenters. The Bertz CT molecular complexity index is 798. The van der Waals surface area contributed by atoms with E-state index in [4.69, 9.17) is 0 Å². The van der Waals surface area contributed by atoms with Gasteiger partial charge in [0.05, 0.1) is 16.7 Å². The minimum absolute atomic E-state index is 0.0251. The second kappa shape index (κ2) is 6.22. The third-order valence-electron chi connectivity index (χ3n) is 2.99. The van der Waals surface area contributed by atoms with Crippen LogP contribution in [0.5, 0.6) is 0 Å². The number of nitro groups is 2. The van der Waals surface area contributed by atoms with E-state index in [0.717, 1.165) is 4.68 Å². The Morgan fingerprint density at radius 3 is 2.52 bits per heavy atom. The van der Waals surface area contributed by atoms with Gasteiger partial charge in [-0.25, -0.2) is 0 Å². The lowest BCUT2D eigenvalue weighted by atomic mass is 10.2. The standard InChI is InChI=1S/C13H13N5O5/c1-8-3-4-10(11(5-8)17(20)21)14-12(19)7-16-13(18(22)23)6-9(2)15-16/h3-6H,7H2,1-2H3,(H,14,19). The Balaban J connectivity index is 2.21. The minimum Gasteiger partial charge on any atom is -0.358 e. The molecule has 2 aromatic rings. The van der Waals surface area contributed by atoms with Crippen molar-refractivity contribution in [2.24, 2.45) is 0 Å². The number of benzene rings is 1. The molecule has 1 aromatic carbocycles. The fourth-order valence-electron chi connectivity index (χ4n) is 2.02. The number of rotatable bonds is 5. The molecule has 0 aliphatic heterocycles. The van der Waals surface area contributed by atoms with Crippen molar-refractivity contribution in [1.29, 1.82) is 0 Å². The molecule has 0 aliphatic carbocycles. The summed E-state index contributed by atoms with van der Waals surface area (Å²) in [6.07, 6.45) is 0. The maximum atomic E-state index is 12.0. The third kappa shape index (κ3) is 3.67. The molecule has 0 saturated heterocycles. The fourth-order valence-corrected chi connectivity index (χ4v) is 2.02. The number of nitrogens with one attached hydrogen (secondary N) is 1. The molecular weight excluding hydrogens is 306 g/mol. The SMILES string of the molecule is Cc1ccc(NC(=O)Cn2nc(C)cc2[N+](=O)[O-])c([N+](=O)[O-])c1. The van der Waals surface area contributed by atoms with Crippen LogP contribution in [0, 0.1) is 34.1 Å². The molecule has 0 radical (unpaired) electrons. The number of anilines is 1. The molecule has 0 atom stereocenters. The highest BCUT2D eigenvalue weighted by Gasteiger charge is 2.21. The number of nitrogens with zero attached hydrogens (tertiary/aromatic N) is 4. The summed E-state index contributed by atoms with van der Waals surface area (Å²) in [7, 11) is 0. The fraction of sp³-hybridized carbons (Fsp3) is 0.231. The highest BCUT2D eigenvalue weighted by molar-refractivity contribution is 5.93. The van der Waals surface area contributed by atoms with Crippen LogP contribution < -0.4 is 5.32 Å². The highest BCUT2D eigenvalue weighted by Crippen LogP contribution is 2.25. The molecule has 0 fully saturated rings. The average Bonchev–Trinajstić information content (AvgIpc) is 2.81. The second-order valence-corrected chi connectivity index (χ2v) is 4.88. The van der Waals surface area contributed by atoms with Gasteiger partial charge in [-0.3, -0.25) is 14.9 Å². The summed E-state index contributed by atoms with van der Waals surface area (Å²) >= 11 is 0. The monoisotopic (exact) mass is 319 g/mol. The molecule has 10 nitrogen and oxygen atoms in total. The van der Waals surface area contributed by atoms with Crippen LogP contribution in [0.2, 0.25) is 0 Å². The van der Waals surface area contributed by atoms with E-state index in [9.17, 15) is 25.0 Å². The molecular formula is C13H13N5O5. The maximum Gasteiger partial charge on any atom is 0.345 e. The molecule has 0 aliphatic rings. The van der Waals surface area contributed by atoms with Gasteiger partial charge in [-0.15, -0.1) is 4.68 Å². The van der Waals surface area contributed by atoms with Gasteiger partial charge in [0, 0.05) is 6.07 Å². The van der Waals surface area contributed by atoms with E-state index in [-0.39, 0.29) is 17.2 Å². The van der Waals surface area contributed by atoms with Crippen LogP contribution in [0.1, 0.15) is 11.3 Å². The number of amides is 1. The number of hydrogen-bond donors (Lipinski definition) is 1. The quantitative estimate of drug-likeness (QED) is 0.661. The first kappa shape index (κ1) is 16.1. The lowest BCUT2D eigenvalue weighted by Gasteiger charge is -2.05. The molecule has 0 saturated carbocycles. The van der Waals surface area contributed by atoms with Crippen LogP contribution in [0.3, 0.4) is 0 Å². The third-order valence-corrected chi connectivity index (χ3v) is 2.99. The van der Waals surface area contributed by atoms with Gasteiger partial charge in [-0.1, -0.05) is 11.2 Å². The van der Waals surface area contributed by atoms with Crippen molar-refractivity contribution < 1.29 is 14.6 Å². The number of carbonyl (C=O) groups excluding carboxylic acids is 1. The summed E-state index contributed by atoms with van der Waals surface area (Å²) in [5.74, 6) is -0.973. The van der Waals surface area contributed by atoms with Crippen LogP contribution in [0.25, 0.3) is 0 Å². The molecule has 1 N–H and O–H groups in total. The van der Waals surface area contributed by atoms with E-state index in [1.165, 1.54) is 18.2 Å². The smallest absolute Gasteiger partial charge is 0.345 e. The minimum atomic E-state index is -0.651. The topological polar surface area (TPSA) is 133 Å². The number of aromatic nitrogens is 2. The largest absolute Gasteiger partial charge is 0.358 e. The van der Waals surface area contributed by atoms with Crippen molar-refractivity contribution >= 4 is 23.1 Å². The zero-order valence-electron chi connectivity index (χ0n) is 12.3. The van der Waals surface area contributed by atoms with Crippen molar-refractivity contribution in [3.63, 3.8) is 0 Å². The lowest BCUT2D eigenvalue weighted by molar-refractivity contribution is -0.392. The van der Waals surface area contributed by atoms with E-state index in [0.29, 0.717) is 11.3 Å². The maximum absolute atomic E-state index is 12.0. The first-order chi connectivity index (χ1) is 10.8. The van der Waals surface area contributed by atoms with Gasteiger partial charge in [0.25, 0.3) is 11.6 Å². The Morgan fingerprint density at radius 2 is 1.91 bits per heavy atom. The Morgan fingerprint density at radius 1 is 1.22 bits per heavy atom. The molecule has 0 spiro atoms. The Hall–Kier alpha value is -3.30. The molecule has 2 rings (SSSR count). The van der Waals surface area contributed by atoms with Crippen molar-refractivity contribution in [1.82, 2.24) is 9.78 Å². The predicted octanol–water partition coefficient (Wildman–Crippen LogP) is 1.96. The molecule has 1 amide bonds. The highest BCUT2D eigenvalue weighted by atomic mass is 16.6. The summed E-state index contributed by atoms with van der Waals surface area (Å²) in [6.45, 7) is 2.83. The Labute approximate surface area is 130 Å². The van der Waals surface area contributed by atoms with E-state index in [1.54, 1.807) is 19.9 Å². The molecule has 1 aromatic heterocycles. The van der Waals surface area contributed by atoms with Crippen LogP contribution >= 0.6 is 0 Å². The van der Waals surface area contributed by atoms with E-state index in [2.05, 4.69) is 10.4 Å². The first-order valence-electron chi connectivity index (χ1n) is 6.51. The second-order valence-electron chi connectivity index (χ2n) is 4.88. The van der Waals surface area contributed by atoms with Crippen LogP contribution in [0.4, 0.5) is 17.2 Å². The summed E-state index contributed by atoms with van der Waals surface area (Å²) in [4.78, 5) is 32.6. The molecule has 1 heterocycles. The van der Waals surface area contributed by atoms with Crippen LogP contribution in [0.15, 0.2) is 24.3 Å². The van der Waals surface area contributed by atoms with Crippen LogP contribution in [-0.4, -0.2) is 25.5 Å². The normalized spacial score (nSPS) is 10.3. The van der Waals surface area contributed by atoms with Gasteiger partial charge in [0.15, 0.2) is 6.54 Å². The molecule has 0 bridgehead atoms. The zero-order chi connectivity index (χ0) is 17.1. The number of aryl methyl sites for hydroxylation is 2. The summed E-state index contributed by atoms with van der Waals surface area (Å²) in [5.41, 5.74) is 0.848. The zero-order valence-corrected chi connectivity index (χ0v) is 12.3. The van der Waals surface area contributed by atoms with Crippen LogP contribution in [-0.2, 0) is 11.3 Å². The summed E-state index contributed by atoms with van der Waals surface area (Å²) < 4.78 is 0.935. The van der Waals surface area contributed by atoms with E-state index in [1.807, 2.05) is 0 Å². The summed E-state index contributed by atoms with van der Waals surface area (Å²) in [6, 6.07) is 5.59. The van der Waals surface area contributed by atoms with Gasteiger partial charge in [0.2, 0.25) is 0 Å². The van der Waals surface area contributed by atoms with Crippen molar-refractivity contribution in [2.75, 3.05) is 5.32 Å². The van der Waals surface area contributed by atoms with Gasteiger partial charge >= 0.3 is 5.82 Å². The average molecular weight is 319 g/mol. The number of hydrogen-bond acceptors (Lipinski definition) is 6. The number of carbonyl (C=O) groups is 1. The molecule has 10 heteroatoms. The Kier molecular flexibility index (Phi) is 4.35. The number of nitro benzene ring substituents is 1.